The van der Waals surface area contributed by atoms with Gasteiger partial charge in [-0.1, -0.05) is 164 Å². The summed E-state index contributed by atoms with van der Waals surface area (Å²) in [6, 6.07) is 60.5. The average molecular weight is 814 g/mol. The molecule has 0 radical (unpaired) electrons. The molecular weight excluding hydrogens is 779 g/mol. The third-order valence-electron chi connectivity index (χ3n) is 11.6. The van der Waals surface area contributed by atoms with Gasteiger partial charge in [-0.2, -0.15) is 9.97 Å². The lowest BCUT2D eigenvalue weighted by atomic mass is 9.94. The highest BCUT2D eigenvalue weighted by Crippen LogP contribution is 2.43. The van der Waals surface area contributed by atoms with Crippen LogP contribution >= 0.6 is 11.3 Å². The maximum atomic E-state index is 5.38. The monoisotopic (exact) mass is 813 g/mol. The second-order valence-electron chi connectivity index (χ2n) is 15.4. The number of aromatic nitrogens is 7. The van der Waals surface area contributed by atoms with Crippen molar-refractivity contribution in [3.05, 3.63) is 193 Å². The summed E-state index contributed by atoms with van der Waals surface area (Å²) in [6.07, 6.45) is 6.42. The Balaban J connectivity index is 1.04. The van der Waals surface area contributed by atoms with E-state index in [1.807, 2.05) is 78.9 Å². The fourth-order valence-electron chi connectivity index (χ4n) is 8.71. The molecule has 11 aromatic rings. The fourth-order valence-corrected chi connectivity index (χ4v) is 9.96. The largest absolute Gasteiger partial charge is 0.278 e. The van der Waals surface area contributed by atoms with Crippen molar-refractivity contribution in [1.82, 2.24) is 34.5 Å². The molecule has 0 bridgehead atoms. The summed E-state index contributed by atoms with van der Waals surface area (Å²) in [5.74, 6) is 3.74. The van der Waals surface area contributed by atoms with Crippen molar-refractivity contribution in [3.63, 3.8) is 0 Å². The second-order valence-corrected chi connectivity index (χ2v) is 16.4. The molecule has 7 aromatic carbocycles. The van der Waals surface area contributed by atoms with E-state index in [-0.39, 0.29) is 0 Å². The molecule has 0 N–H and O–H groups in total. The molecule has 0 saturated heterocycles. The van der Waals surface area contributed by atoms with Gasteiger partial charge < -0.3 is 0 Å². The molecule has 12 rings (SSSR count). The van der Waals surface area contributed by atoms with Crippen molar-refractivity contribution in [1.29, 1.82) is 0 Å². The highest BCUT2D eigenvalue weighted by molar-refractivity contribution is 7.26. The van der Waals surface area contributed by atoms with Gasteiger partial charge in [0.05, 0.1) is 11.2 Å². The van der Waals surface area contributed by atoms with Crippen molar-refractivity contribution in [2.24, 2.45) is 0 Å². The van der Waals surface area contributed by atoms with E-state index >= 15 is 0 Å². The number of nitrogens with zero attached hydrogens (tertiary/aromatic N) is 7. The number of hydrogen-bond acceptors (Lipinski definition) is 7. The summed E-state index contributed by atoms with van der Waals surface area (Å²) < 4.78 is 4.46. The Morgan fingerprint density at radius 2 is 0.984 bits per heavy atom. The van der Waals surface area contributed by atoms with Gasteiger partial charge in [0.2, 0.25) is 5.95 Å². The van der Waals surface area contributed by atoms with Crippen molar-refractivity contribution in [3.8, 4) is 74.0 Å². The topological polar surface area (TPSA) is 82.3 Å². The highest BCUT2D eigenvalue weighted by atomic mass is 32.1. The van der Waals surface area contributed by atoms with Crippen molar-refractivity contribution < 1.29 is 0 Å². The molecule has 0 aliphatic heterocycles. The first-order valence-corrected chi connectivity index (χ1v) is 21.6. The molecule has 0 atom stereocenters. The maximum absolute atomic E-state index is 5.38. The number of rotatable bonds is 7. The van der Waals surface area contributed by atoms with Gasteiger partial charge in [0.25, 0.3) is 0 Å². The standard InChI is InChI=1S/C54H35N7S/c1-5-17-34(18-6-1)39-26-16-30-45-47(39)42-25-13-14-29-44(42)61(45)54-59-51(37-23-11-4-12-24-37)58-53(60-54)43-28-15-27-41-40-32-31-38(33-46(40)62-48(41)43)52-56-49(35-19-7-2-8-20-35)55-50(57-52)36-21-9-3-10-22-36/h1-12,14-24,26-33H,13,25H2. The Bertz CT molecular complexity index is 3450. The van der Waals surface area contributed by atoms with Gasteiger partial charge in [0.15, 0.2) is 29.1 Å². The fraction of sp³-hybridized carbons (Fsp3) is 0.0370. The summed E-state index contributed by atoms with van der Waals surface area (Å²) in [5, 5.41) is 3.54. The minimum Gasteiger partial charge on any atom is -0.278 e. The molecule has 292 valence electrons. The molecule has 7 nitrogen and oxygen atoms in total. The first kappa shape index (κ1) is 36.0. The molecule has 0 amide bonds. The summed E-state index contributed by atoms with van der Waals surface area (Å²) >= 11 is 1.73. The number of thiophene rings is 1. The van der Waals surface area contributed by atoms with E-state index < -0.39 is 0 Å². The minimum atomic E-state index is 0.593. The summed E-state index contributed by atoms with van der Waals surface area (Å²) in [7, 11) is 0. The Morgan fingerprint density at radius 3 is 1.65 bits per heavy atom. The van der Waals surface area contributed by atoms with E-state index in [1.54, 1.807) is 11.3 Å². The van der Waals surface area contributed by atoms with Crippen LogP contribution in [0.3, 0.4) is 0 Å². The van der Waals surface area contributed by atoms with E-state index in [0.717, 1.165) is 72.0 Å². The smallest absolute Gasteiger partial charge is 0.238 e. The van der Waals surface area contributed by atoms with Gasteiger partial charge in [0.1, 0.15) is 0 Å². The van der Waals surface area contributed by atoms with Gasteiger partial charge in [-0.05, 0) is 53.8 Å². The summed E-state index contributed by atoms with van der Waals surface area (Å²) in [5.41, 5.74) is 10.6. The van der Waals surface area contributed by atoms with Crippen LogP contribution in [-0.4, -0.2) is 34.5 Å². The van der Waals surface area contributed by atoms with Crippen LogP contribution in [-0.2, 0) is 6.42 Å². The Hall–Kier alpha value is -7.94. The van der Waals surface area contributed by atoms with Gasteiger partial charge in [0, 0.05) is 53.4 Å². The molecule has 8 heteroatoms. The summed E-state index contributed by atoms with van der Waals surface area (Å²) in [4.78, 5) is 30.8. The molecule has 4 aromatic heterocycles. The molecule has 0 unspecified atom stereocenters. The molecule has 0 spiro atoms. The average Bonchev–Trinajstić information content (AvgIpc) is 3.90. The normalized spacial score (nSPS) is 12.3. The second kappa shape index (κ2) is 15.0. The van der Waals surface area contributed by atoms with Crippen LogP contribution in [0.1, 0.15) is 17.7 Å². The minimum absolute atomic E-state index is 0.593. The van der Waals surface area contributed by atoms with E-state index in [0.29, 0.717) is 35.1 Å². The van der Waals surface area contributed by atoms with Crippen LogP contribution in [0.2, 0.25) is 0 Å². The molecule has 1 aliphatic carbocycles. The first-order valence-electron chi connectivity index (χ1n) is 20.8. The van der Waals surface area contributed by atoms with Crippen LogP contribution < -0.4 is 0 Å². The molecule has 0 saturated carbocycles. The van der Waals surface area contributed by atoms with Crippen LogP contribution in [0.5, 0.6) is 0 Å². The third-order valence-corrected chi connectivity index (χ3v) is 12.8. The van der Waals surface area contributed by atoms with Crippen molar-refractivity contribution >= 4 is 48.5 Å². The van der Waals surface area contributed by atoms with Gasteiger partial charge in [-0.3, -0.25) is 4.57 Å². The lowest BCUT2D eigenvalue weighted by Gasteiger charge is -2.13. The summed E-state index contributed by atoms with van der Waals surface area (Å²) in [6.45, 7) is 0. The van der Waals surface area contributed by atoms with E-state index in [1.165, 1.54) is 22.1 Å². The Kier molecular flexibility index (Phi) is 8.67. The molecule has 0 fully saturated rings. The van der Waals surface area contributed by atoms with Crippen molar-refractivity contribution in [2.45, 2.75) is 12.8 Å². The Labute approximate surface area is 361 Å². The SMILES string of the molecule is C1=Cc2c(c3c(-c4ccccc4)cccc3n2-c2nc(-c3ccccc3)nc(-c3cccc4c3sc3cc(-c5nc(-c6ccccc6)nc(-c6ccccc6)n5)ccc34)n2)CC1. The molecular formula is C54H35N7S. The predicted molar refractivity (Wildman–Crippen MR) is 253 cm³/mol. The molecule has 62 heavy (non-hydrogen) atoms. The lowest BCUT2D eigenvalue weighted by Crippen LogP contribution is -2.08. The predicted octanol–water partition coefficient (Wildman–Crippen LogP) is 13.3. The Morgan fingerprint density at radius 1 is 0.435 bits per heavy atom. The number of hydrogen-bond donors (Lipinski definition) is 0. The van der Waals surface area contributed by atoms with Gasteiger partial charge >= 0.3 is 0 Å². The van der Waals surface area contributed by atoms with Crippen LogP contribution in [0.4, 0.5) is 0 Å². The van der Waals surface area contributed by atoms with Gasteiger partial charge in [-0.25, -0.2) is 19.9 Å². The third kappa shape index (κ3) is 6.19. The number of benzene rings is 7. The quantitative estimate of drug-likeness (QED) is 0.159. The van der Waals surface area contributed by atoms with Crippen LogP contribution in [0.15, 0.2) is 182 Å². The number of allylic oxidation sites excluding steroid dienone is 1. The van der Waals surface area contributed by atoms with Crippen LogP contribution in [0, 0.1) is 0 Å². The molecule has 1 aliphatic rings. The number of fused-ring (bicyclic) bond motifs is 6. The van der Waals surface area contributed by atoms with Gasteiger partial charge in [-0.15, -0.1) is 11.3 Å². The van der Waals surface area contributed by atoms with Crippen LogP contribution in [0.25, 0.3) is 111 Å². The zero-order valence-electron chi connectivity index (χ0n) is 33.4. The highest BCUT2D eigenvalue weighted by Gasteiger charge is 2.25. The zero-order valence-corrected chi connectivity index (χ0v) is 34.2. The molecule has 4 heterocycles. The lowest BCUT2D eigenvalue weighted by molar-refractivity contribution is 0.903. The van der Waals surface area contributed by atoms with Crippen molar-refractivity contribution in [2.75, 3.05) is 0 Å². The maximum Gasteiger partial charge on any atom is 0.238 e. The van der Waals surface area contributed by atoms with E-state index in [9.17, 15) is 0 Å². The first-order chi connectivity index (χ1) is 30.7. The van der Waals surface area contributed by atoms with E-state index in [2.05, 4.69) is 114 Å². The van der Waals surface area contributed by atoms with E-state index in [4.69, 9.17) is 29.9 Å². The zero-order chi connectivity index (χ0) is 41.0. The number of aryl methyl sites for hydroxylation is 1.